The minimum absolute atomic E-state index is 0.0113. The van der Waals surface area contributed by atoms with Gasteiger partial charge in [0.2, 0.25) is 0 Å². The summed E-state index contributed by atoms with van der Waals surface area (Å²) in [6.45, 7) is 10.0. The molecular formula is C26H31ClO11. The van der Waals surface area contributed by atoms with Crippen molar-refractivity contribution < 1.29 is 52.8 Å². The van der Waals surface area contributed by atoms with Crippen molar-refractivity contribution in [2.45, 2.75) is 82.0 Å². The maximum absolute atomic E-state index is 13.4. The molecule has 0 saturated carbocycles. The van der Waals surface area contributed by atoms with Gasteiger partial charge in [0, 0.05) is 19.3 Å². The highest BCUT2D eigenvalue weighted by Gasteiger charge is 2.77. The van der Waals surface area contributed by atoms with Gasteiger partial charge < -0.3 is 28.8 Å². The number of carbonyl (C=O) groups excluding carboxylic acids is 5. The van der Waals surface area contributed by atoms with E-state index in [2.05, 4.69) is 6.58 Å². The van der Waals surface area contributed by atoms with Crippen molar-refractivity contribution in [3.05, 3.63) is 24.3 Å². The summed E-state index contributed by atoms with van der Waals surface area (Å²) >= 11 is 6.74. The fraction of sp³-hybridized carbons (Fsp3) is 0.654. The summed E-state index contributed by atoms with van der Waals surface area (Å²) in [4.78, 5) is 63.1. The number of fused-ring (bicyclic) bond motifs is 3. The number of hydrogen-bond acceptors (Lipinski definition) is 11. The van der Waals surface area contributed by atoms with Crippen molar-refractivity contribution in [3.8, 4) is 0 Å². The molecule has 0 amide bonds. The highest BCUT2D eigenvalue weighted by atomic mass is 35.5. The van der Waals surface area contributed by atoms with E-state index in [4.69, 9.17) is 35.3 Å². The number of ether oxygens (including phenoxy) is 5. The van der Waals surface area contributed by atoms with Crippen LogP contribution in [0.3, 0.4) is 0 Å². The lowest BCUT2D eigenvalue weighted by Gasteiger charge is -2.63. The summed E-state index contributed by atoms with van der Waals surface area (Å²) in [7, 11) is 0. The van der Waals surface area contributed by atoms with E-state index in [-0.39, 0.29) is 6.42 Å². The molecule has 3 aliphatic heterocycles. The summed E-state index contributed by atoms with van der Waals surface area (Å²) in [5.41, 5.74) is -4.65. The van der Waals surface area contributed by atoms with Crippen LogP contribution in [0.5, 0.6) is 0 Å². The number of aliphatic hydroxyl groups is 1. The van der Waals surface area contributed by atoms with Crippen molar-refractivity contribution in [2.24, 2.45) is 17.3 Å². The monoisotopic (exact) mass is 554 g/mol. The molecular weight excluding hydrogens is 524 g/mol. The van der Waals surface area contributed by atoms with Gasteiger partial charge in [-0.1, -0.05) is 25.2 Å². The lowest BCUT2D eigenvalue weighted by Crippen LogP contribution is -2.77. The molecule has 1 N–H and O–H groups in total. The largest absolute Gasteiger partial charge is 0.457 e. The standard InChI is InChI=1S/C26H31ClO11/c1-11-9-15(30)20-24(5)8-7-16(31)25(6,37-14(4)29)19(24)22(35-17(32)10-34-13(3)28)26(38-20)12(2)23(33)36-21(26)18(11)27/h7-8,12,15,18-22,30H,1,9-10H2,2-6H3/t12-,15+,18-,19+,20+,21-,22-,24-,25+,26?/m0/s1. The first kappa shape index (κ1) is 28.3. The van der Waals surface area contributed by atoms with Crippen LogP contribution in [0.2, 0.25) is 0 Å². The number of hydrogen-bond donors (Lipinski definition) is 1. The van der Waals surface area contributed by atoms with Crippen LogP contribution in [0.15, 0.2) is 24.3 Å². The summed E-state index contributed by atoms with van der Waals surface area (Å²) in [6, 6.07) is 0. The highest BCUT2D eigenvalue weighted by Crippen LogP contribution is 2.61. The number of ketones is 1. The third-order valence-corrected chi connectivity index (χ3v) is 8.78. The van der Waals surface area contributed by atoms with Gasteiger partial charge in [-0.15, -0.1) is 11.6 Å². The molecule has 3 heterocycles. The molecule has 4 aliphatic rings. The van der Waals surface area contributed by atoms with Gasteiger partial charge in [0.15, 0.2) is 29.7 Å². The van der Waals surface area contributed by atoms with E-state index >= 15 is 0 Å². The van der Waals surface area contributed by atoms with Crippen LogP contribution < -0.4 is 0 Å². The predicted molar refractivity (Wildman–Crippen MR) is 128 cm³/mol. The average molecular weight is 555 g/mol. The van der Waals surface area contributed by atoms with Gasteiger partial charge in [-0.25, -0.2) is 4.79 Å². The molecule has 1 spiro atoms. The lowest BCUT2D eigenvalue weighted by molar-refractivity contribution is -0.319. The molecule has 1 aliphatic carbocycles. The number of rotatable bonds is 4. The second kappa shape index (κ2) is 9.46. The Morgan fingerprint density at radius 2 is 1.84 bits per heavy atom. The third-order valence-electron chi connectivity index (χ3n) is 8.24. The zero-order valence-electron chi connectivity index (χ0n) is 21.7. The maximum atomic E-state index is 13.4. The summed E-state index contributed by atoms with van der Waals surface area (Å²) < 4.78 is 28.6. The smallest absolute Gasteiger partial charge is 0.344 e. The quantitative estimate of drug-likeness (QED) is 0.231. The van der Waals surface area contributed by atoms with E-state index in [0.717, 1.165) is 13.8 Å². The molecule has 0 radical (unpaired) electrons. The van der Waals surface area contributed by atoms with Crippen molar-refractivity contribution in [2.75, 3.05) is 6.61 Å². The van der Waals surface area contributed by atoms with E-state index < -0.39 is 94.5 Å². The Hall–Kier alpha value is -2.76. The molecule has 3 fully saturated rings. The van der Waals surface area contributed by atoms with Gasteiger partial charge in [-0.05, 0) is 26.3 Å². The number of aliphatic hydroxyl groups excluding tert-OH is 1. The molecule has 12 heteroatoms. The summed E-state index contributed by atoms with van der Waals surface area (Å²) in [5, 5.41) is 10.3. The molecule has 2 bridgehead atoms. The van der Waals surface area contributed by atoms with Crippen molar-refractivity contribution in [1.82, 2.24) is 0 Å². The molecule has 4 rings (SSSR count). The van der Waals surface area contributed by atoms with E-state index in [1.165, 1.54) is 26.0 Å². The maximum Gasteiger partial charge on any atom is 0.344 e. The van der Waals surface area contributed by atoms with Gasteiger partial charge in [-0.3, -0.25) is 19.2 Å². The first-order chi connectivity index (χ1) is 17.6. The molecule has 0 aromatic rings. The van der Waals surface area contributed by atoms with Crippen LogP contribution in [0, 0.1) is 17.3 Å². The van der Waals surface area contributed by atoms with Gasteiger partial charge in [0.05, 0.1) is 29.4 Å². The SMILES string of the molecule is C=C1C[C@@H](O)[C@H]2OC3([C@@H](C)C(=O)O[C@H]3[C@H]1Cl)[C@@H](OC(=O)COC(C)=O)[C@@H]1[C@]2(C)C=CC(=O)[C@@]1(C)OC(C)=O. The van der Waals surface area contributed by atoms with E-state index in [9.17, 15) is 29.1 Å². The highest BCUT2D eigenvalue weighted by molar-refractivity contribution is 6.23. The van der Waals surface area contributed by atoms with Gasteiger partial charge in [0.1, 0.15) is 6.10 Å². The van der Waals surface area contributed by atoms with Crippen molar-refractivity contribution >= 4 is 41.3 Å². The Morgan fingerprint density at radius 1 is 1.18 bits per heavy atom. The minimum atomic E-state index is -1.91. The summed E-state index contributed by atoms with van der Waals surface area (Å²) in [5.74, 6) is -6.11. The van der Waals surface area contributed by atoms with E-state index in [1.54, 1.807) is 6.92 Å². The predicted octanol–water partition coefficient (Wildman–Crippen LogP) is 1.17. The van der Waals surface area contributed by atoms with Crippen molar-refractivity contribution in [1.29, 1.82) is 0 Å². The Bertz CT molecular complexity index is 1130. The van der Waals surface area contributed by atoms with Crippen LogP contribution in [0.25, 0.3) is 0 Å². The molecule has 208 valence electrons. The molecule has 38 heavy (non-hydrogen) atoms. The Labute approximate surface area is 224 Å². The number of carbonyl (C=O) groups is 5. The van der Waals surface area contributed by atoms with Gasteiger partial charge in [0.25, 0.3) is 0 Å². The summed E-state index contributed by atoms with van der Waals surface area (Å²) in [6.07, 6.45) is -2.28. The molecule has 1 unspecified atom stereocenters. The molecule has 11 nitrogen and oxygen atoms in total. The van der Waals surface area contributed by atoms with E-state index in [0.29, 0.717) is 5.57 Å². The molecule has 0 aromatic carbocycles. The van der Waals surface area contributed by atoms with Crippen LogP contribution in [0.1, 0.15) is 41.0 Å². The fourth-order valence-corrected chi connectivity index (χ4v) is 6.89. The first-order valence-corrected chi connectivity index (χ1v) is 12.7. The van der Waals surface area contributed by atoms with Crippen LogP contribution in [-0.4, -0.2) is 82.4 Å². The Kier molecular flexibility index (Phi) is 7.03. The normalized spacial score (nSPS) is 43.7. The van der Waals surface area contributed by atoms with Gasteiger partial charge >= 0.3 is 23.9 Å². The topological polar surface area (TPSA) is 152 Å². The molecule has 10 atom stereocenters. The second-order valence-electron chi connectivity index (χ2n) is 10.7. The number of halogens is 1. The number of esters is 4. The zero-order chi connectivity index (χ0) is 28.4. The molecule has 0 aromatic heterocycles. The zero-order valence-corrected chi connectivity index (χ0v) is 22.5. The van der Waals surface area contributed by atoms with Gasteiger partial charge in [-0.2, -0.15) is 0 Å². The Balaban J connectivity index is 2.00. The van der Waals surface area contributed by atoms with Crippen molar-refractivity contribution in [3.63, 3.8) is 0 Å². The van der Waals surface area contributed by atoms with Crippen LogP contribution in [-0.2, 0) is 47.7 Å². The van der Waals surface area contributed by atoms with E-state index in [1.807, 2.05) is 0 Å². The second-order valence-corrected chi connectivity index (χ2v) is 11.2. The van der Waals surface area contributed by atoms with Crippen LogP contribution in [0.4, 0.5) is 0 Å². The fourth-order valence-electron chi connectivity index (χ4n) is 6.55. The number of alkyl halides is 1. The molecule has 3 saturated heterocycles. The average Bonchev–Trinajstić information content (AvgIpc) is 3.06. The minimum Gasteiger partial charge on any atom is -0.457 e. The van der Waals surface area contributed by atoms with Crippen LogP contribution >= 0.6 is 11.6 Å². The Morgan fingerprint density at radius 3 is 2.45 bits per heavy atom. The lowest BCUT2D eigenvalue weighted by atomic mass is 9.52. The third kappa shape index (κ3) is 4.06. The first-order valence-electron chi connectivity index (χ1n) is 12.2.